The predicted octanol–water partition coefficient (Wildman–Crippen LogP) is 5.82. The average molecular weight is 571 g/mol. The molecule has 1 fully saturated rings. The summed E-state index contributed by atoms with van der Waals surface area (Å²) in [5.74, 6) is 3.78. The van der Waals surface area contributed by atoms with Gasteiger partial charge >= 0.3 is 0 Å². The molecule has 1 aliphatic rings. The molecule has 1 aliphatic heterocycles. The Bertz CT molecular complexity index is 509. The van der Waals surface area contributed by atoms with Gasteiger partial charge in [-0.15, -0.1) is 59.6 Å². The van der Waals surface area contributed by atoms with Crippen molar-refractivity contribution >= 4 is 59.6 Å². The lowest BCUT2D eigenvalue weighted by Crippen LogP contribution is -2.37. The van der Waals surface area contributed by atoms with Crippen molar-refractivity contribution in [2.24, 2.45) is 0 Å². The Balaban J connectivity index is 0. The van der Waals surface area contributed by atoms with E-state index >= 15 is 0 Å². The number of nitrogens with zero attached hydrogens (tertiary/aromatic N) is 2. The van der Waals surface area contributed by atoms with E-state index in [1.807, 2.05) is 24.3 Å². The van der Waals surface area contributed by atoms with Crippen molar-refractivity contribution in [3.05, 3.63) is 24.3 Å². The summed E-state index contributed by atoms with van der Waals surface area (Å²) in [7, 11) is 0. The number of morpholine rings is 1. The number of benzene rings is 1. The lowest BCUT2D eigenvalue weighted by Gasteiger charge is -2.26. The van der Waals surface area contributed by atoms with Gasteiger partial charge in [-0.05, 0) is 37.1 Å². The highest BCUT2D eigenvalue weighted by Crippen LogP contribution is 2.18. The molecule has 2 rings (SSSR count). The minimum Gasteiger partial charge on any atom is -0.494 e. The monoisotopic (exact) mass is 568 g/mol. The van der Waals surface area contributed by atoms with Gasteiger partial charge in [0.15, 0.2) is 0 Å². The molecule has 1 saturated heterocycles. The van der Waals surface area contributed by atoms with Crippen molar-refractivity contribution in [2.75, 3.05) is 83.3 Å². The van der Waals surface area contributed by atoms with Gasteiger partial charge in [0.05, 0.1) is 26.4 Å². The maximum Gasteiger partial charge on any atom is 0.119 e. The second-order valence-corrected chi connectivity index (χ2v) is 8.37. The van der Waals surface area contributed by atoms with Gasteiger partial charge in [0, 0.05) is 56.9 Å². The van der Waals surface area contributed by atoms with Crippen LogP contribution in [0.2, 0.25) is 0 Å². The van der Waals surface area contributed by atoms with Gasteiger partial charge in [0.2, 0.25) is 0 Å². The molecule has 1 heterocycles. The van der Waals surface area contributed by atoms with Crippen LogP contribution in [0.3, 0.4) is 0 Å². The second kappa shape index (κ2) is 25.2. The van der Waals surface area contributed by atoms with Crippen LogP contribution in [0.15, 0.2) is 24.3 Å². The molecule has 10 heteroatoms. The third kappa shape index (κ3) is 19.1. The molecule has 1 aromatic rings. The minimum absolute atomic E-state index is 0. The maximum absolute atomic E-state index is 5.76. The Kier molecular flexibility index (Phi) is 27.0. The Morgan fingerprint density at radius 2 is 1.27 bits per heavy atom. The summed E-state index contributed by atoms with van der Waals surface area (Å²) < 4.78 is 16.7. The Hall–Kier alpha value is 0.150. The van der Waals surface area contributed by atoms with E-state index in [0.717, 1.165) is 96.5 Å². The number of hydrogen-bond donors (Lipinski definition) is 0. The van der Waals surface area contributed by atoms with Gasteiger partial charge in [0.1, 0.15) is 11.5 Å². The molecular formula is C23H41Cl5N2O3. The van der Waals surface area contributed by atoms with Crippen LogP contribution >= 0.6 is 59.6 Å². The molecule has 33 heavy (non-hydrogen) atoms. The van der Waals surface area contributed by atoms with Crippen molar-refractivity contribution in [3.63, 3.8) is 0 Å². The highest BCUT2D eigenvalue weighted by Gasteiger charge is 2.09. The summed E-state index contributed by atoms with van der Waals surface area (Å²) in [4.78, 5) is 4.57. The number of hydrogen-bond acceptors (Lipinski definition) is 5. The van der Waals surface area contributed by atoms with Crippen molar-refractivity contribution in [3.8, 4) is 11.5 Å². The molecule has 0 N–H and O–H groups in total. The zero-order valence-corrected chi connectivity index (χ0v) is 23.6. The number of alkyl halides is 3. The first-order valence-corrected chi connectivity index (χ1v) is 12.9. The topological polar surface area (TPSA) is 34.2 Å². The van der Waals surface area contributed by atoms with Crippen molar-refractivity contribution in [2.45, 2.75) is 26.2 Å². The van der Waals surface area contributed by atoms with E-state index < -0.39 is 0 Å². The molecule has 5 nitrogen and oxygen atoms in total. The van der Waals surface area contributed by atoms with Crippen LogP contribution in [0.25, 0.3) is 0 Å². The molecule has 1 aromatic carbocycles. The summed E-state index contributed by atoms with van der Waals surface area (Å²) in [6.07, 6.45) is 3.30. The predicted molar refractivity (Wildman–Crippen MR) is 147 cm³/mol. The Morgan fingerprint density at radius 3 is 1.70 bits per heavy atom. The first-order valence-electron chi connectivity index (χ1n) is 11.3. The molecule has 0 saturated carbocycles. The summed E-state index contributed by atoms with van der Waals surface area (Å²) in [5.41, 5.74) is 0. The van der Waals surface area contributed by atoms with Gasteiger partial charge < -0.3 is 14.2 Å². The zero-order valence-electron chi connectivity index (χ0n) is 19.7. The standard InChI is InChI=1S/C17H27NO3.C6H12Cl3N.2ClH/c1-2-3-12-20-16-5-7-17(8-6-16)21-13-4-9-18-10-14-19-15-11-18;7-1-4-10(5-2-8)6-3-9;;/h5-8H,2-4,9-15H2,1H3;1-6H2;2*1H. The molecule has 0 atom stereocenters. The summed E-state index contributed by atoms with van der Waals surface area (Å²) in [6, 6.07) is 7.92. The Morgan fingerprint density at radius 1 is 0.818 bits per heavy atom. The summed E-state index contributed by atoms with van der Waals surface area (Å²) in [6.45, 7) is 11.2. The van der Waals surface area contributed by atoms with Crippen LogP contribution in [-0.2, 0) is 4.74 Å². The van der Waals surface area contributed by atoms with Gasteiger partial charge in [-0.2, -0.15) is 0 Å². The molecule has 0 spiro atoms. The van der Waals surface area contributed by atoms with E-state index in [1.54, 1.807) is 0 Å². The fourth-order valence-electron chi connectivity index (χ4n) is 2.96. The lowest BCUT2D eigenvalue weighted by atomic mass is 10.3. The van der Waals surface area contributed by atoms with Gasteiger partial charge in [-0.25, -0.2) is 0 Å². The molecule has 0 unspecified atom stereocenters. The molecule has 0 aliphatic carbocycles. The number of halogens is 5. The highest BCUT2D eigenvalue weighted by atomic mass is 35.5. The largest absolute Gasteiger partial charge is 0.494 e. The molecule has 0 radical (unpaired) electrons. The number of unbranched alkanes of at least 4 members (excludes halogenated alkanes) is 1. The maximum atomic E-state index is 5.76. The van der Waals surface area contributed by atoms with Gasteiger partial charge in [0.25, 0.3) is 0 Å². The number of ether oxygens (including phenoxy) is 3. The lowest BCUT2D eigenvalue weighted by molar-refractivity contribution is 0.0358. The van der Waals surface area contributed by atoms with Crippen LogP contribution in [0.1, 0.15) is 26.2 Å². The van der Waals surface area contributed by atoms with Crippen LogP contribution in [0.5, 0.6) is 11.5 Å². The minimum atomic E-state index is 0. The van der Waals surface area contributed by atoms with E-state index in [2.05, 4.69) is 16.7 Å². The van der Waals surface area contributed by atoms with E-state index in [9.17, 15) is 0 Å². The van der Waals surface area contributed by atoms with Gasteiger partial charge in [-0.1, -0.05) is 13.3 Å². The quantitative estimate of drug-likeness (QED) is 0.196. The highest BCUT2D eigenvalue weighted by molar-refractivity contribution is 6.18. The van der Waals surface area contributed by atoms with Crippen molar-refractivity contribution < 1.29 is 14.2 Å². The van der Waals surface area contributed by atoms with Crippen molar-refractivity contribution in [1.29, 1.82) is 0 Å². The molecular weight excluding hydrogens is 530 g/mol. The smallest absolute Gasteiger partial charge is 0.119 e. The SMILES string of the molecule is CCCCOc1ccc(OCCCN2CCOCC2)cc1.Cl.Cl.ClCCN(CCCl)CCCl. The fraction of sp³-hybridized carbons (Fsp3) is 0.739. The normalized spacial score (nSPS) is 13.4. The Labute approximate surface area is 228 Å². The van der Waals surface area contributed by atoms with Crippen LogP contribution in [0, 0.1) is 0 Å². The van der Waals surface area contributed by atoms with Crippen molar-refractivity contribution in [1.82, 2.24) is 9.80 Å². The van der Waals surface area contributed by atoms with Gasteiger partial charge in [-0.3, -0.25) is 9.80 Å². The number of rotatable bonds is 15. The first kappa shape index (κ1) is 35.3. The molecule has 0 aromatic heterocycles. The summed E-state index contributed by atoms with van der Waals surface area (Å²) >= 11 is 16.6. The third-order valence-electron chi connectivity index (χ3n) is 4.78. The average Bonchev–Trinajstić information content (AvgIpc) is 2.80. The second-order valence-electron chi connectivity index (χ2n) is 7.24. The van der Waals surface area contributed by atoms with Crippen LogP contribution in [-0.4, -0.2) is 93.1 Å². The zero-order chi connectivity index (χ0) is 22.6. The first-order chi connectivity index (χ1) is 15.2. The van der Waals surface area contributed by atoms with E-state index in [4.69, 9.17) is 49.0 Å². The van der Waals surface area contributed by atoms with E-state index in [-0.39, 0.29) is 24.8 Å². The van der Waals surface area contributed by atoms with Crippen LogP contribution < -0.4 is 9.47 Å². The third-order valence-corrected chi connectivity index (χ3v) is 5.29. The fourth-order valence-corrected chi connectivity index (χ4v) is 3.68. The molecule has 0 amide bonds. The van der Waals surface area contributed by atoms with Crippen LogP contribution in [0.4, 0.5) is 0 Å². The van der Waals surface area contributed by atoms with E-state index in [0.29, 0.717) is 17.6 Å². The molecule has 0 bridgehead atoms. The molecule has 196 valence electrons. The summed E-state index contributed by atoms with van der Waals surface area (Å²) in [5, 5.41) is 0. The van der Waals surface area contributed by atoms with E-state index in [1.165, 1.54) is 0 Å².